The molecule has 0 bridgehead atoms. The number of nitrogens with zero attached hydrogens (tertiary/aromatic N) is 1. The number of carbonyl (C=O) groups is 2. The minimum absolute atomic E-state index is 0.0406. The fraction of sp³-hybridized carbons (Fsp3) is 0.263. The Kier molecular flexibility index (Phi) is 5.16. The molecule has 0 aliphatic carbocycles. The summed E-state index contributed by atoms with van der Waals surface area (Å²) in [5.41, 5.74) is 3.25. The highest BCUT2D eigenvalue weighted by molar-refractivity contribution is 6.06. The van der Waals surface area contributed by atoms with E-state index >= 15 is 0 Å². The van der Waals surface area contributed by atoms with Crippen LogP contribution < -0.4 is 20.7 Å². The van der Waals surface area contributed by atoms with Crippen molar-refractivity contribution in [3.63, 3.8) is 0 Å². The molecule has 2 aromatic carbocycles. The van der Waals surface area contributed by atoms with E-state index in [4.69, 9.17) is 4.74 Å². The molecule has 3 N–H and O–H groups in total. The fourth-order valence-electron chi connectivity index (χ4n) is 2.94. The third-order valence-corrected chi connectivity index (χ3v) is 4.60. The number of anilines is 3. The lowest BCUT2D eigenvalue weighted by Crippen LogP contribution is -2.41. The van der Waals surface area contributed by atoms with Crippen LogP contribution in [0.25, 0.3) is 0 Å². The van der Waals surface area contributed by atoms with Crippen LogP contribution in [0.1, 0.15) is 17.5 Å². The normalized spacial score (nSPS) is 15.1. The number of hydrogen-bond donors (Lipinski definition) is 3. The highest BCUT2D eigenvalue weighted by atomic mass is 16.6. The van der Waals surface area contributed by atoms with Crippen molar-refractivity contribution in [1.82, 2.24) is 0 Å². The van der Waals surface area contributed by atoms with E-state index in [2.05, 4.69) is 16.0 Å². The summed E-state index contributed by atoms with van der Waals surface area (Å²) in [6.07, 6.45) is -0.179. The van der Waals surface area contributed by atoms with Crippen molar-refractivity contribution >= 4 is 34.6 Å². The molecule has 3 rings (SSSR count). The van der Waals surface area contributed by atoms with E-state index in [-0.39, 0.29) is 23.7 Å². The summed E-state index contributed by atoms with van der Waals surface area (Å²) in [4.78, 5) is 35.4. The van der Waals surface area contributed by atoms with Crippen LogP contribution in [0.2, 0.25) is 0 Å². The number of amides is 2. The van der Waals surface area contributed by atoms with Gasteiger partial charge in [-0.1, -0.05) is 0 Å². The Morgan fingerprint density at radius 2 is 1.89 bits per heavy atom. The quantitative estimate of drug-likeness (QED) is 0.538. The van der Waals surface area contributed by atoms with Crippen molar-refractivity contribution in [2.24, 2.45) is 0 Å². The maximum absolute atomic E-state index is 12.4. The van der Waals surface area contributed by atoms with Crippen molar-refractivity contribution in [2.75, 3.05) is 23.1 Å². The van der Waals surface area contributed by atoms with E-state index < -0.39 is 16.9 Å². The topological polar surface area (TPSA) is 123 Å². The van der Waals surface area contributed by atoms with Crippen LogP contribution in [0.4, 0.5) is 22.7 Å². The minimum atomic E-state index is -0.785. The van der Waals surface area contributed by atoms with Crippen LogP contribution in [-0.2, 0) is 9.59 Å². The molecule has 0 aromatic heterocycles. The molecule has 2 aromatic rings. The van der Waals surface area contributed by atoms with Gasteiger partial charge >= 0.3 is 0 Å². The molecule has 1 heterocycles. The zero-order valence-corrected chi connectivity index (χ0v) is 15.7. The molecule has 146 valence electrons. The second-order valence-electron chi connectivity index (χ2n) is 6.56. The molecule has 0 radical (unpaired) electrons. The van der Waals surface area contributed by atoms with Gasteiger partial charge in [0.1, 0.15) is 17.5 Å². The number of nitro benzene ring substituents is 1. The smallest absolute Gasteiger partial charge is 0.296 e. The minimum Gasteiger partial charge on any atom is -0.496 e. The first kappa shape index (κ1) is 19.2. The summed E-state index contributed by atoms with van der Waals surface area (Å²) in [5.74, 6) is -0.552. The lowest BCUT2D eigenvalue weighted by atomic mass is 10.0. The average Bonchev–Trinajstić information content (AvgIpc) is 2.64. The second kappa shape index (κ2) is 7.55. The molecule has 0 saturated heterocycles. The molecule has 0 fully saturated rings. The number of nitrogens with one attached hydrogen (secondary N) is 3. The van der Waals surface area contributed by atoms with Gasteiger partial charge in [0.05, 0.1) is 35.9 Å². The van der Waals surface area contributed by atoms with Gasteiger partial charge in [-0.25, -0.2) is 0 Å². The summed E-state index contributed by atoms with van der Waals surface area (Å²) in [6.45, 7) is 3.90. The Morgan fingerprint density at radius 3 is 2.54 bits per heavy atom. The highest BCUT2D eigenvalue weighted by Gasteiger charge is 2.28. The van der Waals surface area contributed by atoms with Gasteiger partial charge in [0.15, 0.2) is 0 Å². The summed E-state index contributed by atoms with van der Waals surface area (Å²) in [6, 6.07) is 7.12. The number of hydrogen-bond acceptors (Lipinski definition) is 6. The third-order valence-electron chi connectivity index (χ3n) is 4.60. The maximum Gasteiger partial charge on any atom is 0.296 e. The number of benzene rings is 2. The third kappa shape index (κ3) is 3.88. The number of carbonyl (C=O) groups excluding carboxylic acids is 2. The molecule has 0 saturated carbocycles. The molecule has 0 unspecified atom stereocenters. The number of aryl methyl sites for hydroxylation is 2. The SMILES string of the molecule is COc1ccc(NC(=O)C[C@H]2Nc3cc(C)c(C)cc3NC2=O)c([N+](=O)[O-])c1. The predicted molar refractivity (Wildman–Crippen MR) is 105 cm³/mol. The molecular formula is C19H20N4O5. The van der Waals surface area contributed by atoms with Crippen molar-refractivity contribution in [3.8, 4) is 5.75 Å². The van der Waals surface area contributed by atoms with Crippen molar-refractivity contribution < 1.29 is 19.2 Å². The Hall–Kier alpha value is -3.62. The van der Waals surface area contributed by atoms with Gasteiger partial charge in [-0.05, 0) is 49.2 Å². The van der Waals surface area contributed by atoms with Gasteiger partial charge < -0.3 is 20.7 Å². The molecular weight excluding hydrogens is 364 g/mol. The van der Waals surface area contributed by atoms with Crippen LogP contribution in [-0.4, -0.2) is 29.9 Å². The fourth-order valence-corrected chi connectivity index (χ4v) is 2.94. The molecule has 9 heteroatoms. The molecule has 28 heavy (non-hydrogen) atoms. The van der Waals surface area contributed by atoms with Gasteiger partial charge in [-0.15, -0.1) is 0 Å². The van der Waals surface area contributed by atoms with E-state index in [0.29, 0.717) is 11.4 Å². The van der Waals surface area contributed by atoms with Crippen LogP contribution in [0.15, 0.2) is 30.3 Å². The predicted octanol–water partition coefficient (Wildman–Crippen LogP) is 2.98. The summed E-state index contributed by atoms with van der Waals surface area (Å²) in [5, 5.41) is 19.6. The van der Waals surface area contributed by atoms with Crippen molar-refractivity contribution in [1.29, 1.82) is 0 Å². The molecule has 2 amide bonds. The second-order valence-corrected chi connectivity index (χ2v) is 6.56. The molecule has 1 aliphatic rings. The van der Waals surface area contributed by atoms with Gasteiger partial charge in [0.2, 0.25) is 11.8 Å². The standard InChI is InChI=1S/C19H20N4O5/c1-10-6-14-15(7-11(10)2)22-19(25)16(20-14)9-18(24)21-13-5-4-12(28-3)8-17(13)23(26)27/h4-8,16,20H,9H2,1-3H3,(H,21,24)(H,22,25)/t16-/m1/s1. The number of nitro groups is 1. The van der Waals surface area contributed by atoms with Crippen molar-refractivity contribution in [2.45, 2.75) is 26.3 Å². The van der Waals surface area contributed by atoms with Crippen LogP contribution in [0.5, 0.6) is 5.75 Å². The lowest BCUT2D eigenvalue weighted by molar-refractivity contribution is -0.384. The van der Waals surface area contributed by atoms with Crippen LogP contribution in [0.3, 0.4) is 0 Å². The summed E-state index contributed by atoms with van der Waals surface area (Å²) < 4.78 is 4.97. The number of methoxy groups -OCH3 is 1. The lowest BCUT2D eigenvalue weighted by Gasteiger charge is -2.27. The Labute approximate surface area is 161 Å². The summed E-state index contributed by atoms with van der Waals surface area (Å²) >= 11 is 0. The monoisotopic (exact) mass is 384 g/mol. The number of ether oxygens (including phenoxy) is 1. The zero-order valence-electron chi connectivity index (χ0n) is 15.7. The van der Waals surface area contributed by atoms with E-state index in [1.54, 1.807) is 0 Å². The highest BCUT2D eigenvalue weighted by Crippen LogP contribution is 2.31. The molecule has 0 spiro atoms. The van der Waals surface area contributed by atoms with Crippen molar-refractivity contribution in [3.05, 3.63) is 51.6 Å². The maximum atomic E-state index is 12.4. The van der Waals surface area contributed by atoms with E-state index in [1.165, 1.54) is 25.3 Å². The Bertz CT molecular complexity index is 973. The van der Waals surface area contributed by atoms with Gasteiger partial charge in [0.25, 0.3) is 5.69 Å². The molecule has 1 aliphatic heterocycles. The first-order valence-electron chi connectivity index (χ1n) is 8.59. The average molecular weight is 384 g/mol. The van der Waals surface area contributed by atoms with E-state index in [0.717, 1.165) is 16.8 Å². The molecule has 1 atom stereocenters. The number of rotatable bonds is 5. The van der Waals surface area contributed by atoms with Crippen LogP contribution >= 0.6 is 0 Å². The first-order valence-corrected chi connectivity index (χ1v) is 8.59. The summed E-state index contributed by atoms with van der Waals surface area (Å²) in [7, 11) is 1.39. The first-order chi connectivity index (χ1) is 13.3. The molecule has 9 nitrogen and oxygen atoms in total. The van der Waals surface area contributed by atoms with Gasteiger partial charge in [-0.3, -0.25) is 19.7 Å². The number of fused-ring (bicyclic) bond motifs is 1. The van der Waals surface area contributed by atoms with E-state index in [9.17, 15) is 19.7 Å². The zero-order chi connectivity index (χ0) is 20.4. The Balaban J connectivity index is 1.74. The van der Waals surface area contributed by atoms with E-state index in [1.807, 2.05) is 26.0 Å². The van der Waals surface area contributed by atoms with Gasteiger partial charge in [-0.2, -0.15) is 0 Å². The van der Waals surface area contributed by atoms with Gasteiger partial charge in [0, 0.05) is 0 Å². The largest absolute Gasteiger partial charge is 0.496 e. The van der Waals surface area contributed by atoms with Crippen LogP contribution in [0, 0.1) is 24.0 Å². The Morgan fingerprint density at radius 1 is 1.21 bits per heavy atom.